The van der Waals surface area contributed by atoms with E-state index >= 15 is 0 Å². The number of hydrogen-bond acceptors (Lipinski definition) is 4. The standard InChI is InChI=1S/C10H11ClN4.C7H8S.C2H6/c1-5-4-12-8-7(5)9(13-6-2-3-6)15-10(11)14-8;1-6-2-4-7(8)5-3-6;1-2/h4,6H,2-3H2,1H3,(H2,12,13,14,15);2-5,8H,1H3;1-2H3. The molecule has 4 rings (SSSR count). The van der Waals surface area contributed by atoms with Gasteiger partial charge < -0.3 is 10.3 Å². The highest BCUT2D eigenvalue weighted by Gasteiger charge is 2.23. The van der Waals surface area contributed by atoms with Gasteiger partial charge in [-0.05, 0) is 56.0 Å². The molecule has 1 saturated carbocycles. The molecule has 1 aromatic carbocycles. The Hall–Kier alpha value is -1.72. The van der Waals surface area contributed by atoms with Crippen LogP contribution in [0.5, 0.6) is 0 Å². The molecule has 25 heavy (non-hydrogen) atoms. The number of halogens is 1. The van der Waals surface area contributed by atoms with Crippen LogP contribution in [-0.4, -0.2) is 21.0 Å². The third kappa shape index (κ3) is 5.65. The summed E-state index contributed by atoms with van der Waals surface area (Å²) >= 11 is 9.99. The highest BCUT2D eigenvalue weighted by atomic mass is 35.5. The van der Waals surface area contributed by atoms with Gasteiger partial charge in [0.2, 0.25) is 5.28 Å². The van der Waals surface area contributed by atoms with Crippen LogP contribution in [0, 0.1) is 13.8 Å². The third-order valence-electron chi connectivity index (χ3n) is 3.65. The average molecular weight is 377 g/mol. The molecule has 0 atom stereocenters. The van der Waals surface area contributed by atoms with Gasteiger partial charge in [-0.25, -0.2) is 4.98 Å². The van der Waals surface area contributed by atoms with Crippen LogP contribution in [0.4, 0.5) is 5.82 Å². The number of anilines is 1. The summed E-state index contributed by atoms with van der Waals surface area (Å²) in [5.41, 5.74) is 3.23. The predicted octanol–water partition coefficient (Wildman–Crippen LogP) is 5.80. The van der Waals surface area contributed by atoms with E-state index in [-0.39, 0.29) is 5.28 Å². The zero-order valence-electron chi connectivity index (χ0n) is 15.1. The van der Waals surface area contributed by atoms with Crippen molar-refractivity contribution in [3.8, 4) is 0 Å². The fourth-order valence-electron chi connectivity index (χ4n) is 2.23. The Labute approximate surface area is 159 Å². The van der Waals surface area contributed by atoms with Crippen molar-refractivity contribution in [3.63, 3.8) is 0 Å². The molecule has 0 saturated heterocycles. The van der Waals surface area contributed by atoms with Crippen LogP contribution in [0.2, 0.25) is 5.28 Å². The highest BCUT2D eigenvalue weighted by molar-refractivity contribution is 7.80. The van der Waals surface area contributed by atoms with Gasteiger partial charge in [0.1, 0.15) is 11.5 Å². The normalized spacial score (nSPS) is 12.7. The van der Waals surface area contributed by atoms with Gasteiger partial charge >= 0.3 is 0 Å². The van der Waals surface area contributed by atoms with E-state index in [4.69, 9.17) is 11.6 Å². The fourth-order valence-corrected chi connectivity index (χ4v) is 2.55. The van der Waals surface area contributed by atoms with Gasteiger partial charge in [-0.3, -0.25) is 0 Å². The number of aryl methyl sites for hydroxylation is 2. The number of benzene rings is 1. The van der Waals surface area contributed by atoms with Crippen molar-refractivity contribution in [1.82, 2.24) is 15.0 Å². The Bertz CT molecular complexity index is 789. The van der Waals surface area contributed by atoms with Crippen molar-refractivity contribution in [2.45, 2.75) is 51.5 Å². The third-order valence-corrected chi connectivity index (χ3v) is 4.12. The summed E-state index contributed by atoms with van der Waals surface area (Å²) in [7, 11) is 0. The second-order valence-corrected chi connectivity index (χ2v) is 6.65. The second kappa shape index (κ2) is 9.11. The first kappa shape index (κ1) is 19.6. The van der Waals surface area contributed by atoms with E-state index in [0.29, 0.717) is 6.04 Å². The Balaban J connectivity index is 0.000000192. The first-order chi connectivity index (χ1) is 12.0. The summed E-state index contributed by atoms with van der Waals surface area (Å²) in [6, 6.07) is 8.62. The molecular weight excluding hydrogens is 352 g/mol. The van der Waals surface area contributed by atoms with Gasteiger partial charge in [-0.15, -0.1) is 12.6 Å². The zero-order valence-corrected chi connectivity index (χ0v) is 16.7. The van der Waals surface area contributed by atoms with Crippen molar-refractivity contribution in [2.24, 2.45) is 0 Å². The molecule has 3 aromatic rings. The van der Waals surface area contributed by atoms with E-state index < -0.39 is 0 Å². The first-order valence-corrected chi connectivity index (χ1v) is 9.39. The molecule has 2 N–H and O–H groups in total. The van der Waals surface area contributed by atoms with Gasteiger partial charge in [-0.1, -0.05) is 31.5 Å². The Morgan fingerprint density at radius 3 is 2.32 bits per heavy atom. The van der Waals surface area contributed by atoms with Crippen LogP contribution < -0.4 is 5.32 Å². The lowest BCUT2D eigenvalue weighted by Crippen LogP contribution is -2.04. The molecule has 6 heteroatoms. The zero-order chi connectivity index (χ0) is 18.4. The van der Waals surface area contributed by atoms with Crippen LogP contribution in [0.15, 0.2) is 35.4 Å². The molecule has 1 aliphatic rings. The van der Waals surface area contributed by atoms with Crippen molar-refractivity contribution in [2.75, 3.05) is 5.32 Å². The summed E-state index contributed by atoms with van der Waals surface area (Å²) in [6.45, 7) is 8.10. The first-order valence-electron chi connectivity index (χ1n) is 8.56. The SMILES string of the molecule is CC.Cc1c[nH]c2nc(Cl)nc(NC3CC3)c12.Cc1ccc(S)cc1. The van der Waals surface area contributed by atoms with Crippen LogP contribution in [0.25, 0.3) is 11.0 Å². The van der Waals surface area contributed by atoms with Gasteiger partial charge in [0.15, 0.2) is 0 Å². The molecule has 1 fully saturated rings. The highest BCUT2D eigenvalue weighted by Crippen LogP contribution is 2.30. The Morgan fingerprint density at radius 2 is 1.76 bits per heavy atom. The predicted molar refractivity (Wildman–Crippen MR) is 110 cm³/mol. The molecule has 1 aliphatic carbocycles. The number of nitrogens with one attached hydrogen (secondary N) is 2. The lowest BCUT2D eigenvalue weighted by molar-refractivity contribution is 1.10. The molecule has 0 unspecified atom stereocenters. The van der Waals surface area contributed by atoms with Crippen LogP contribution >= 0.6 is 24.2 Å². The number of rotatable bonds is 2. The number of aromatic nitrogens is 3. The van der Waals surface area contributed by atoms with Gasteiger partial charge in [0, 0.05) is 17.1 Å². The Morgan fingerprint density at radius 1 is 1.12 bits per heavy atom. The number of aromatic amines is 1. The minimum absolute atomic E-state index is 0.285. The summed E-state index contributed by atoms with van der Waals surface area (Å²) < 4.78 is 0. The maximum absolute atomic E-state index is 5.85. The van der Waals surface area contributed by atoms with Crippen LogP contribution in [0.1, 0.15) is 37.8 Å². The fraction of sp³-hybridized carbons (Fsp3) is 0.368. The molecule has 2 aromatic heterocycles. The smallest absolute Gasteiger partial charge is 0.226 e. The molecule has 134 valence electrons. The van der Waals surface area contributed by atoms with Gasteiger partial charge in [-0.2, -0.15) is 4.98 Å². The van der Waals surface area contributed by atoms with Crippen molar-refractivity contribution in [3.05, 3.63) is 46.9 Å². The van der Waals surface area contributed by atoms with E-state index in [1.54, 1.807) is 0 Å². The monoisotopic (exact) mass is 376 g/mol. The number of fused-ring (bicyclic) bond motifs is 1. The van der Waals surface area contributed by atoms with E-state index in [1.165, 1.54) is 18.4 Å². The average Bonchev–Trinajstić information content (AvgIpc) is 3.34. The molecule has 0 spiro atoms. The maximum Gasteiger partial charge on any atom is 0.226 e. The van der Waals surface area contributed by atoms with E-state index in [2.05, 4.69) is 39.8 Å². The molecular formula is C19H25ClN4S. The largest absolute Gasteiger partial charge is 0.367 e. The molecule has 4 nitrogen and oxygen atoms in total. The molecule has 2 heterocycles. The molecule has 0 radical (unpaired) electrons. The summed E-state index contributed by atoms with van der Waals surface area (Å²) in [5.74, 6) is 0.853. The van der Waals surface area contributed by atoms with Gasteiger partial charge in [0.05, 0.1) is 5.39 Å². The van der Waals surface area contributed by atoms with Crippen molar-refractivity contribution < 1.29 is 0 Å². The minimum atomic E-state index is 0.285. The lowest BCUT2D eigenvalue weighted by atomic mass is 10.2. The second-order valence-electron chi connectivity index (χ2n) is 5.79. The van der Waals surface area contributed by atoms with Crippen LogP contribution in [0.3, 0.4) is 0 Å². The van der Waals surface area contributed by atoms with Crippen molar-refractivity contribution in [1.29, 1.82) is 0 Å². The van der Waals surface area contributed by atoms with Crippen molar-refractivity contribution >= 4 is 41.1 Å². The summed E-state index contributed by atoms with van der Waals surface area (Å²) in [4.78, 5) is 12.5. The van der Waals surface area contributed by atoms with Gasteiger partial charge in [0.25, 0.3) is 0 Å². The molecule has 0 aliphatic heterocycles. The summed E-state index contributed by atoms with van der Waals surface area (Å²) in [6.07, 6.45) is 4.35. The number of nitrogens with zero attached hydrogens (tertiary/aromatic N) is 2. The quantitative estimate of drug-likeness (QED) is 0.391. The van der Waals surface area contributed by atoms with E-state index in [1.807, 2.05) is 51.2 Å². The molecule has 0 amide bonds. The lowest BCUT2D eigenvalue weighted by Gasteiger charge is -2.05. The van der Waals surface area contributed by atoms with E-state index in [0.717, 1.165) is 27.3 Å². The number of thiol groups is 1. The Kier molecular flexibility index (Phi) is 7.14. The number of hydrogen-bond donors (Lipinski definition) is 3. The summed E-state index contributed by atoms with van der Waals surface area (Å²) in [5, 5.41) is 4.70. The minimum Gasteiger partial charge on any atom is -0.367 e. The van der Waals surface area contributed by atoms with E-state index in [9.17, 15) is 0 Å². The van der Waals surface area contributed by atoms with Crippen LogP contribution in [-0.2, 0) is 0 Å². The number of H-pyrrole nitrogens is 1. The topological polar surface area (TPSA) is 53.6 Å². The molecule has 0 bridgehead atoms. The maximum atomic E-state index is 5.85.